The molecule has 14 heteroatoms. The van der Waals surface area contributed by atoms with Gasteiger partial charge in [0.05, 0.1) is 0 Å². The molecule has 0 saturated carbocycles. The normalized spacial score (nSPS) is 16.4. The Balaban J connectivity index is 1.89. The zero-order valence-corrected chi connectivity index (χ0v) is 19.1. The molecule has 0 amide bonds. The van der Waals surface area contributed by atoms with E-state index in [-0.39, 0.29) is 33.8 Å². The number of ketones is 1. The van der Waals surface area contributed by atoms with Crippen LogP contribution in [0.25, 0.3) is 12.2 Å². The van der Waals surface area contributed by atoms with Crippen LogP contribution in [0.4, 0.5) is 35.1 Å². The Morgan fingerprint density at radius 3 is 1.30 bits per heavy atom. The molecule has 0 unspecified atom stereocenters. The van der Waals surface area contributed by atoms with Crippen LogP contribution >= 0.6 is 11.8 Å². The van der Waals surface area contributed by atoms with E-state index in [4.69, 9.17) is 0 Å². The summed E-state index contributed by atoms with van der Waals surface area (Å²) in [5, 5.41) is 0. The number of carbonyl (C=O) groups is 1. The molecule has 0 bridgehead atoms. The highest BCUT2D eigenvalue weighted by atomic mass is 32.2. The van der Waals surface area contributed by atoms with Gasteiger partial charge in [0.2, 0.25) is 0 Å². The monoisotopic (exact) mass is 556 g/mol. The molecule has 0 aromatic heterocycles. The number of halogens is 8. The van der Waals surface area contributed by atoms with E-state index in [0.29, 0.717) is 0 Å². The lowest BCUT2D eigenvalue weighted by Crippen LogP contribution is -2.16. The van der Waals surface area contributed by atoms with Crippen molar-refractivity contribution in [2.75, 3.05) is 11.5 Å². The van der Waals surface area contributed by atoms with Gasteiger partial charge in [-0.2, -0.15) is 46.9 Å². The Kier molecular flexibility index (Phi) is 9.66. The van der Waals surface area contributed by atoms with Crippen molar-refractivity contribution in [2.24, 2.45) is 0 Å². The van der Waals surface area contributed by atoms with E-state index in [2.05, 4.69) is 18.9 Å². The zero-order valence-electron chi connectivity index (χ0n) is 18.3. The lowest BCUT2D eigenvalue weighted by molar-refractivity contribution is -0.112. The summed E-state index contributed by atoms with van der Waals surface area (Å²) < 4.78 is 118. The second kappa shape index (κ2) is 12.7. The quantitative estimate of drug-likeness (QED) is 0.235. The van der Waals surface area contributed by atoms with Gasteiger partial charge in [0, 0.05) is 22.7 Å². The first-order chi connectivity index (χ1) is 17.5. The van der Waals surface area contributed by atoms with Gasteiger partial charge in [0.1, 0.15) is 0 Å². The molecule has 0 N–H and O–H groups in total. The van der Waals surface area contributed by atoms with Gasteiger partial charge < -0.3 is 18.9 Å². The maximum Gasteiger partial charge on any atom is 0.387 e. The molecule has 1 saturated heterocycles. The number of hydrogen-bond acceptors (Lipinski definition) is 6. The number of benzene rings is 2. The highest BCUT2D eigenvalue weighted by Gasteiger charge is 2.23. The average molecular weight is 556 g/mol. The molecule has 1 fully saturated rings. The Labute approximate surface area is 208 Å². The van der Waals surface area contributed by atoms with Crippen molar-refractivity contribution >= 4 is 29.7 Å². The lowest BCUT2D eigenvalue weighted by atomic mass is 10.00. The molecule has 1 aliphatic heterocycles. The van der Waals surface area contributed by atoms with E-state index >= 15 is 0 Å². The maximum atomic E-state index is 13.0. The van der Waals surface area contributed by atoms with E-state index in [9.17, 15) is 39.9 Å². The van der Waals surface area contributed by atoms with E-state index in [1.165, 1.54) is 36.0 Å². The maximum absolute atomic E-state index is 13.0. The van der Waals surface area contributed by atoms with Crippen molar-refractivity contribution in [2.45, 2.75) is 26.4 Å². The number of hydrogen-bond donors (Lipinski definition) is 0. The van der Waals surface area contributed by atoms with Crippen LogP contribution in [-0.2, 0) is 4.79 Å². The van der Waals surface area contributed by atoms with Crippen LogP contribution < -0.4 is 18.9 Å². The highest BCUT2D eigenvalue weighted by molar-refractivity contribution is 7.99. The fraction of sp³-hybridized carbons (Fsp3) is 0.261. The number of carbonyl (C=O) groups excluding carboxylic acids is 1. The Hall–Kier alpha value is -3.42. The molecule has 200 valence electrons. The van der Waals surface area contributed by atoms with Gasteiger partial charge in [-0.15, -0.1) is 0 Å². The number of ether oxygens (including phenoxy) is 4. The van der Waals surface area contributed by atoms with Gasteiger partial charge in [0.15, 0.2) is 28.8 Å². The smallest absolute Gasteiger partial charge is 0.387 e. The number of alkyl halides is 8. The molecule has 0 atom stereocenters. The molecular weight excluding hydrogens is 540 g/mol. The molecule has 2 aromatic carbocycles. The molecular formula is C23H16F8O5S. The summed E-state index contributed by atoms with van der Waals surface area (Å²) in [6, 6.07) is 6.50. The van der Waals surface area contributed by atoms with Crippen molar-refractivity contribution in [3.05, 3.63) is 58.7 Å². The van der Waals surface area contributed by atoms with Crippen LogP contribution in [0.2, 0.25) is 0 Å². The summed E-state index contributed by atoms with van der Waals surface area (Å²) in [4.78, 5) is 13.0. The van der Waals surface area contributed by atoms with Crippen LogP contribution in [0.5, 0.6) is 23.0 Å². The minimum atomic E-state index is -3.32. The summed E-state index contributed by atoms with van der Waals surface area (Å²) in [7, 11) is 0. The van der Waals surface area contributed by atoms with Gasteiger partial charge in [-0.1, -0.05) is 12.1 Å². The van der Waals surface area contributed by atoms with Gasteiger partial charge in [-0.25, -0.2) is 0 Å². The minimum Gasteiger partial charge on any atom is -0.431 e. The third kappa shape index (κ3) is 8.30. The van der Waals surface area contributed by atoms with Crippen molar-refractivity contribution in [3.63, 3.8) is 0 Å². The van der Waals surface area contributed by atoms with Gasteiger partial charge >= 0.3 is 26.4 Å². The summed E-state index contributed by atoms with van der Waals surface area (Å²) in [6.45, 7) is -13.2. The molecule has 1 aliphatic rings. The predicted octanol–water partition coefficient (Wildman–Crippen LogP) is 6.88. The SMILES string of the molecule is O=C1C(=Cc2ccc(OC(F)F)c(OC(F)F)c2)CSCC1=Cc1ccc(OC(F)F)c(OC(F)F)c1. The number of rotatable bonds is 10. The van der Waals surface area contributed by atoms with Gasteiger partial charge in [-0.3, -0.25) is 4.79 Å². The molecule has 0 radical (unpaired) electrons. The average Bonchev–Trinajstić information content (AvgIpc) is 2.78. The van der Waals surface area contributed by atoms with E-state index in [1.54, 1.807) is 0 Å². The van der Waals surface area contributed by atoms with Crippen LogP contribution in [-0.4, -0.2) is 43.7 Å². The molecule has 0 aliphatic carbocycles. The number of Topliss-reactive ketones (excluding diaryl/α,β-unsaturated/α-hetero) is 1. The molecule has 3 rings (SSSR count). The summed E-state index contributed by atoms with van der Waals surface area (Å²) >= 11 is 1.30. The summed E-state index contributed by atoms with van der Waals surface area (Å²) in [6.07, 6.45) is 2.69. The van der Waals surface area contributed by atoms with Crippen molar-refractivity contribution in [1.29, 1.82) is 0 Å². The van der Waals surface area contributed by atoms with E-state index < -0.39 is 55.2 Å². The largest absolute Gasteiger partial charge is 0.431 e. The lowest BCUT2D eigenvalue weighted by Gasteiger charge is -2.17. The Bertz CT molecular complexity index is 1080. The molecule has 0 spiro atoms. The van der Waals surface area contributed by atoms with Crippen LogP contribution in [0.15, 0.2) is 47.5 Å². The predicted molar refractivity (Wildman–Crippen MR) is 118 cm³/mol. The third-order valence-electron chi connectivity index (χ3n) is 4.58. The van der Waals surface area contributed by atoms with Crippen LogP contribution in [0, 0.1) is 0 Å². The van der Waals surface area contributed by atoms with Crippen LogP contribution in [0.1, 0.15) is 11.1 Å². The Morgan fingerprint density at radius 2 is 0.946 bits per heavy atom. The molecule has 1 heterocycles. The fourth-order valence-electron chi connectivity index (χ4n) is 3.22. The first kappa shape index (κ1) is 28.2. The van der Waals surface area contributed by atoms with Crippen molar-refractivity contribution < 1.29 is 58.9 Å². The zero-order chi connectivity index (χ0) is 27.1. The standard InChI is InChI=1S/C23H16F8O5S/c24-20(25)33-15-3-1-11(7-17(15)35-22(28)29)5-13-9-37-10-14(19(13)32)6-12-2-4-16(34-21(26)27)18(8-12)36-23(30)31/h1-8,20-23H,9-10H2. The summed E-state index contributed by atoms with van der Waals surface area (Å²) in [5.41, 5.74) is 0.802. The van der Waals surface area contributed by atoms with Gasteiger partial charge in [-0.05, 0) is 47.5 Å². The second-order valence-electron chi connectivity index (χ2n) is 7.09. The van der Waals surface area contributed by atoms with Crippen LogP contribution in [0.3, 0.4) is 0 Å². The molecule has 37 heavy (non-hydrogen) atoms. The highest BCUT2D eigenvalue weighted by Crippen LogP contribution is 2.35. The number of thioether (sulfide) groups is 1. The topological polar surface area (TPSA) is 54.0 Å². The first-order valence-corrected chi connectivity index (χ1v) is 11.3. The Morgan fingerprint density at radius 1 is 0.595 bits per heavy atom. The molecule has 2 aromatic rings. The van der Waals surface area contributed by atoms with Crippen molar-refractivity contribution in [3.8, 4) is 23.0 Å². The minimum absolute atomic E-state index is 0.184. The summed E-state index contributed by atoms with van der Waals surface area (Å²) in [5.74, 6) is -2.59. The van der Waals surface area contributed by atoms with E-state index in [0.717, 1.165) is 24.3 Å². The van der Waals surface area contributed by atoms with Gasteiger partial charge in [0.25, 0.3) is 0 Å². The van der Waals surface area contributed by atoms with Crippen molar-refractivity contribution in [1.82, 2.24) is 0 Å². The van der Waals surface area contributed by atoms with E-state index in [1.807, 2.05) is 0 Å². The molecule has 5 nitrogen and oxygen atoms in total. The third-order valence-corrected chi connectivity index (χ3v) is 5.61. The first-order valence-electron chi connectivity index (χ1n) is 10.1. The second-order valence-corrected chi connectivity index (χ2v) is 8.07. The fourth-order valence-corrected chi connectivity index (χ4v) is 4.19.